The monoisotopic (exact) mass is 149 g/mol. The van der Waals surface area contributed by atoms with Gasteiger partial charge in [-0.2, -0.15) is 0 Å². The Bertz CT molecular complexity index is 296. The maximum atomic E-state index is 3.93. The van der Waals surface area contributed by atoms with E-state index in [2.05, 4.69) is 35.3 Å². The number of H-pyrrole nitrogens is 1. The van der Waals surface area contributed by atoms with Gasteiger partial charge in [0, 0.05) is 0 Å². The lowest BCUT2D eigenvalue weighted by Gasteiger charge is -2.22. The Kier molecular flexibility index (Phi) is 1.16. The summed E-state index contributed by atoms with van der Waals surface area (Å²) in [6.07, 6.45) is 5.21. The summed E-state index contributed by atoms with van der Waals surface area (Å²) in [5.74, 6) is 0. The molecule has 0 fully saturated rings. The Morgan fingerprint density at radius 1 is 1.55 bits per heavy atom. The molecule has 1 N–H and O–H groups in total. The second-order valence-electron chi connectivity index (χ2n) is 3.67. The summed E-state index contributed by atoms with van der Waals surface area (Å²) < 4.78 is 0. The van der Waals surface area contributed by atoms with Crippen molar-refractivity contribution in [2.75, 3.05) is 0 Å². The minimum Gasteiger partial charge on any atom is -0.262 e. The van der Waals surface area contributed by atoms with E-state index in [1.165, 1.54) is 0 Å². The second-order valence-corrected chi connectivity index (χ2v) is 3.67. The number of nitrogens with one attached hydrogen (secondary N) is 1. The van der Waals surface area contributed by atoms with Gasteiger partial charge in [0.25, 0.3) is 0 Å². The smallest absolute Gasteiger partial charge is 0.108 e. The van der Waals surface area contributed by atoms with E-state index in [1.54, 1.807) is 0 Å². The maximum Gasteiger partial charge on any atom is 0.108 e. The molecule has 1 aromatic heterocycles. The molecule has 0 radical (unpaired) electrons. The molecule has 0 atom stereocenters. The standard InChI is InChI=1S/C8H11N3/c1-8(2)4-3-6-7(5-8)10-11-9-6/h3-4H,5H2,1-2H3,(H,9,10,11). The third-order valence-electron chi connectivity index (χ3n) is 1.98. The third-order valence-corrected chi connectivity index (χ3v) is 1.98. The van der Waals surface area contributed by atoms with Crippen LogP contribution in [0.5, 0.6) is 0 Å². The van der Waals surface area contributed by atoms with Crippen LogP contribution in [0.15, 0.2) is 6.08 Å². The minimum atomic E-state index is 0.251. The van der Waals surface area contributed by atoms with Gasteiger partial charge in [0.05, 0.1) is 5.69 Å². The molecule has 0 saturated heterocycles. The average Bonchev–Trinajstić information content (AvgIpc) is 2.31. The number of allylic oxidation sites excluding steroid dienone is 1. The zero-order chi connectivity index (χ0) is 7.90. The van der Waals surface area contributed by atoms with Gasteiger partial charge in [-0.3, -0.25) is 5.10 Å². The molecule has 2 rings (SSSR count). The zero-order valence-corrected chi connectivity index (χ0v) is 6.76. The molecule has 0 aromatic carbocycles. The summed E-state index contributed by atoms with van der Waals surface area (Å²) in [6.45, 7) is 4.40. The molecule has 0 unspecified atom stereocenters. The van der Waals surface area contributed by atoms with Crippen molar-refractivity contribution in [1.29, 1.82) is 0 Å². The van der Waals surface area contributed by atoms with E-state index in [0.717, 1.165) is 17.8 Å². The predicted molar refractivity (Wildman–Crippen MR) is 42.9 cm³/mol. The highest BCUT2D eigenvalue weighted by Crippen LogP contribution is 2.28. The van der Waals surface area contributed by atoms with Crippen molar-refractivity contribution >= 4 is 6.08 Å². The van der Waals surface area contributed by atoms with E-state index in [-0.39, 0.29) is 5.41 Å². The van der Waals surface area contributed by atoms with Gasteiger partial charge >= 0.3 is 0 Å². The predicted octanol–water partition coefficient (Wildman–Crippen LogP) is 1.40. The van der Waals surface area contributed by atoms with Crippen molar-refractivity contribution in [1.82, 2.24) is 15.4 Å². The molecule has 58 valence electrons. The first-order valence-electron chi connectivity index (χ1n) is 3.77. The molecule has 1 aromatic rings. The van der Waals surface area contributed by atoms with Crippen LogP contribution in [0.3, 0.4) is 0 Å². The van der Waals surface area contributed by atoms with Crippen molar-refractivity contribution in [2.45, 2.75) is 20.3 Å². The van der Waals surface area contributed by atoms with Crippen LogP contribution in [0.2, 0.25) is 0 Å². The fourth-order valence-corrected chi connectivity index (χ4v) is 1.34. The second kappa shape index (κ2) is 1.94. The summed E-state index contributed by atoms with van der Waals surface area (Å²) in [5, 5.41) is 10.6. The minimum absolute atomic E-state index is 0.251. The number of aromatic nitrogens is 3. The molecule has 0 saturated carbocycles. The van der Waals surface area contributed by atoms with Crippen molar-refractivity contribution < 1.29 is 0 Å². The summed E-state index contributed by atoms with van der Waals surface area (Å²) in [4.78, 5) is 0. The SMILES string of the molecule is CC1(C)C=Cc2nn[nH]c2C1. The Morgan fingerprint density at radius 3 is 3.18 bits per heavy atom. The molecule has 0 spiro atoms. The average molecular weight is 149 g/mol. The molecular weight excluding hydrogens is 138 g/mol. The molecule has 0 amide bonds. The van der Waals surface area contributed by atoms with E-state index in [0.29, 0.717) is 0 Å². The van der Waals surface area contributed by atoms with Crippen molar-refractivity contribution in [3.05, 3.63) is 17.5 Å². The van der Waals surface area contributed by atoms with Crippen LogP contribution in [0, 0.1) is 5.41 Å². The van der Waals surface area contributed by atoms with E-state index in [9.17, 15) is 0 Å². The molecule has 0 bridgehead atoms. The quantitative estimate of drug-likeness (QED) is 0.605. The Hall–Kier alpha value is -1.12. The number of nitrogens with zero attached hydrogens (tertiary/aromatic N) is 2. The van der Waals surface area contributed by atoms with Crippen LogP contribution < -0.4 is 0 Å². The van der Waals surface area contributed by atoms with E-state index >= 15 is 0 Å². The molecule has 1 aliphatic rings. The van der Waals surface area contributed by atoms with Crippen LogP contribution in [0.1, 0.15) is 25.2 Å². The van der Waals surface area contributed by atoms with Crippen LogP contribution in [-0.4, -0.2) is 15.4 Å². The fraction of sp³-hybridized carbons (Fsp3) is 0.500. The topological polar surface area (TPSA) is 41.6 Å². The summed E-state index contributed by atoms with van der Waals surface area (Å²) in [6, 6.07) is 0. The Labute approximate surface area is 65.5 Å². The van der Waals surface area contributed by atoms with Gasteiger partial charge in [-0.25, -0.2) is 0 Å². The van der Waals surface area contributed by atoms with Crippen LogP contribution in [0.25, 0.3) is 6.08 Å². The molecule has 3 nitrogen and oxygen atoms in total. The lowest BCUT2D eigenvalue weighted by Crippen LogP contribution is -2.15. The molecule has 3 heteroatoms. The number of hydrogen-bond donors (Lipinski definition) is 1. The zero-order valence-electron chi connectivity index (χ0n) is 6.76. The lowest BCUT2D eigenvalue weighted by molar-refractivity contribution is 0.468. The first-order chi connectivity index (χ1) is 5.17. The molecular formula is C8H11N3. The van der Waals surface area contributed by atoms with E-state index in [4.69, 9.17) is 0 Å². The largest absolute Gasteiger partial charge is 0.262 e. The van der Waals surface area contributed by atoms with E-state index < -0.39 is 0 Å². The fourth-order valence-electron chi connectivity index (χ4n) is 1.34. The number of fused-ring (bicyclic) bond motifs is 1. The molecule has 1 aliphatic carbocycles. The van der Waals surface area contributed by atoms with Gasteiger partial charge in [-0.05, 0) is 17.9 Å². The van der Waals surface area contributed by atoms with Crippen LogP contribution >= 0.6 is 0 Å². The Balaban J connectivity index is 2.44. The maximum absolute atomic E-state index is 3.93. The molecule has 0 aliphatic heterocycles. The highest BCUT2D eigenvalue weighted by atomic mass is 15.3. The van der Waals surface area contributed by atoms with Crippen molar-refractivity contribution in [3.63, 3.8) is 0 Å². The van der Waals surface area contributed by atoms with Gasteiger partial charge in [-0.1, -0.05) is 25.1 Å². The molecule has 1 heterocycles. The van der Waals surface area contributed by atoms with Gasteiger partial charge in [0.1, 0.15) is 5.69 Å². The Morgan fingerprint density at radius 2 is 2.36 bits per heavy atom. The third kappa shape index (κ3) is 1.06. The summed E-state index contributed by atoms with van der Waals surface area (Å²) >= 11 is 0. The summed E-state index contributed by atoms with van der Waals surface area (Å²) in [5.41, 5.74) is 2.39. The highest BCUT2D eigenvalue weighted by molar-refractivity contribution is 5.50. The first-order valence-corrected chi connectivity index (χ1v) is 3.77. The van der Waals surface area contributed by atoms with Crippen molar-refractivity contribution in [2.24, 2.45) is 5.41 Å². The highest BCUT2D eigenvalue weighted by Gasteiger charge is 2.22. The summed E-state index contributed by atoms with van der Waals surface area (Å²) in [7, 11) is 0. The first kappa shape index (κ1) is 6.58. The molecule has 11 heavy (non-hydrogen) atoms. The van der Waals surface area contributed by atoms with Gasteiger partial charge < -0.3 is 0 Å². The van der Waals surface area contributed by atoms with Gasteiger partial charge in [0.15, 0.2) is 0 Å². The van der Waals surface area contributed by atoms with Crippen LogP contribution in [0.4, 0.5) is 0 Å². The number of rotatable bonds is 0. The lowest BCUT2D eigenvalue weighted by atomic mass is 9.83. The van der Waals surface area contributed by atoms with Gasteiger partial charge in [-0.15, -0.1) is 5.10 Å². The number of hydrogen-bond acceptors (Lipinski definition) is 2. The normalized spacial score (nSPS) is 19.8. The number of aromatic amines is 1. The van der Waals surface area contributed by atoms with E-state index in [1.807, 2.05) is 6.08 Å². The van der Waals surface area contributed by atoms with Gasteiger partial charge in [0.2, 0.25) is 0 Å². The van der Waals surface area contributed by atoms with Crippen molar-refractivity contribution in [3.8, 4) is 0 Å². The van der Waals surface area contributed by atoms with Crippen LogP contribution in [-0.2, 0) is 6.42 Å².